The Morgan fingerprint density at radius 2 is 1.84 bits per heavy atom. The molecule has 0 aliphatic carbocycles. The third-order valence-electron chi connectivity index (χ3n) is 8.04. The molecule has 2 aliphatic rings. The number of nitrogens with zero attached hydrogens (tertiary/aromatic N) is 7. The normalized spacial score (nSPS) is 15.3. The third-order valence-corrected chi connectivity index (χ3v) is 8.04. The van der Waals surface area contributed by atoms with E-state index in [0.717, 1.165) is 16.2 Å². The van der Waals surface area contributed by atoms with Crippen LogP contribution in [0.3, 0.4) is 0 Å². The number of rotatable bonds is 7. The molecule has 0 atom stereocenters. The second-order valence-electron chi connectivity index (χ2n) is 11.1. The predicted octanol–water partition coefficient (Wildman–Crippen LogP) is 2.33. The Kier molecular flexibility index (Phi) is 9.18. The highest BCUT2D eigenvalue weighted by Crippen LogP contribution is 2.31. The maximum Gasteiger partial charge on any atom is 0.416 e. The summed E-state index contributed by atoms with van der Waals surface area (Å²) in [5.74, 6) is -3.53. The number of fused-ring (bicyclic) bond motifs is 1. The van der Waals surface area contributed by atoms with Crippen LogP contribution >= 0.6 is 0 Å². The van der Waals surface area contributed by atoms with Crippen molar-refractivity contribution in [2.75, 3.05) is 54.9 Å². The third kappa shape index (κ3) is 6.87. The molecule has 5 heterocycles. The Labute approximate surface area is 274 Å². The molecule has 1 fully saturated rings. The number of ether oxygens (including phenoxy) is 1. The lowest BCUT2D eigenvalue weighted by molar-refractivity contribution is -0.143. The van der Waals surface area contributed by atoms with Gasteiger partial charge in [0.15, 0.2) is 5.82 Å². The van der Waals surface area contributed by atoms with Gasteiger partial charge in [0.05, 0.1) is 36.4 Å². The molecule has 19 heteroatoms. The molecule has 1 aromatic carbocycles. The van der Waals surface area contributed by atoms with Crippen LogP contribution in [0.2, 0.25) is 0 Å². The molecular weight excluding hydrogens is 658 g/mol. The van der Waals surface area contributed by atoms with Gasteiger partial charge in [0.25, 0.3) is 5.56 Å². The molecule has 49 heavy (non-hydrogen) atoms. The Hall–Kier alpha value is -5.59. The smallest absolute Gasteiger partial charge is 0.377 e. The van der Waals surface area contributed by atoms with Crippen LogP contribution in [0.1, 0.15) is 30.4 Å². The molecule has 2 N–H and O–H groups in total. The number of piperazine rings is 1. The van der Waals surface area contributed by atoms with Crippen LogP contribution in [-0.4, -0.2) is 86.3 Å². The number of hydrogen-bond donors (Lipinski definition) is 2. The van der Waals surface area contributed by atoms with Crippen molar-refractivity contribution in [2.45, 2.75) is 32.5 Å². The summed E-state index contributed by atoms with van der Waals surface area (Å²) in [5, 5.41) is 12.6. The number of benzene rings is 1. The molecule has 0 spiro atoms. The summed E-state index contributed by atoms with van der Waals surface area (Å²) in [4.78, 5) is 60.2. The molecule has 0 unspecified atom stereocenters. The predicted molar refractivity (Wildman–Crippen MR) is 164 cm³/mol. The quantitative estimate of drug-likeness (QED) is 0.217. The number of amides is 3. The first-order valence-corrected chi connectivity index (χ1v) is 15.2. The van der Waals surface area contributed by atoms with Crippen molar-refractivity contribution in [1.29, 1.82) is 0 Å². The molecule has 0 bridgehead atoms. The van der Waals surface area contributed by atoms with E-state index in [4.69, 9.17) is 9.26 Å². The molecule has 0 saturated carbocycles. The first-order chi connectivity index (χ1) is 23.4. The lowest BCUT2D eigenvalue weighted by atomic mass is 10.1. The first-order valence-electron chi connectivity index (χ1n) is 15.2. The van der Waals surface area contributed by atoms with E-state index in [2.05, 4.69) is 25.9 Å². The zero-order valence-corrected chi connectivity index (χ0v) is 25.9. The minimum absolute atomic E-state index is 0.00671. The van der Waals surface area contributed by atoms with Crippen molar-refractivity contribution in [3.63, 3.8) is 0 Å². The number of nitrogens with one attached hydrogen (secondary N) is 2. The summed E-state index contributed by atoms with van der Waals surface area (Å²) in [6, 6.07) is 3.14. The molecule has 2 aliphatic heterocycles. The van der Waals surface area contributed by atoms with Crippen LogP contribution in [0.4, 0.5) is 34.8 Å². The van der Waals surface area contributed by atoms with Gasteiger partial charge >= 0.3 is 18.0 Å². The fraction of sp³-hybridized carbons (Fsp3) is 0.367. The summed E-state index contributed by atoms with van der Waals surface area (Å²) in [7, 11) is 0. The van der Waals surface area contributed by atoms with Crippen molar-refractivity contribution >= 4 is 46.3 Å². The minimum atomic E-state index is -4.77. The summed E-state index contributed by atoms with van der Waals surface area (Å²) in [5.41, 5.74) is -0.920. The molecule has 6 rings (SSSR count). The van der Waals surface area contributed by atoms with Gasteiger partial charge in [0.2, 0.25) is 17.6 Å². The zero-order chi connectivity index (χ0) is 34.9. The van der Waals surface area contributed by atoms with Gasteiger partial charge in [-0.15, -0.1) is 5.10 Å². The summed E-state index contributed by atoms with van der Waals surface area (Å²) < 4.78 is 66.5. The van der Waals surface area contributed by atoms with Crippen LogP contribution in [0.15, 0.2) is 45.9 Å². The molecule has 1 saturated heterocycles. The number of carbonyl (C=O) groups excluding carboxylic acids is 3. The first kappa shape index (κ1) is 33.3. The van der Waals surface area contributed by atoms with E-state index in [-0.39, 0.29) is 61.8 Å². The topological polar surface area (TPSA) is 169 Å². The number of carbonyl (C=O) groups is 3. The fourth-order valence-corrected chi connectivity index (χ4v) is 5.64. The molecule has 4 aromatic rings. The maximum atomic E-state index is 14.6. The molecule has 258 valence electrons. The van der Waals surface area contributed by atoms with Gasteiger partial charge in [-0.05, 0) is 36.6 Å². The van der Waals surface area contributed by atoms with Gasteiger partial charge in [-0.3, -0.25) is 24.5 Å². The zero-order valence-electron chi connectivity index (χ0n) is 25.9. The lowest BCUT2D eigenvalue weighted by Gasteiger charge is -2.36. The Balaban J connectivity index is 1.31. The van der Waals surface area contributed by atoms with Crippen molar-refractivity contribution in [1.82, 2.24) is 29.2 Å². The SMILES string of the molecule is CCc1c(N2CCN(C(=O)C(=O)Nc3ccno3)CC2)c(=O)n2nc(C3=CCOCC3)nc2n1CC(=O)Nc1ccc(C(F)(F)F)cc1F. The summed E-state index contributed by atoms with van der Waals surface area (Å²) in [6.07, 6.45) is -0.981. The van der Waals surface area contributed by atoms with E-state index in [1.807, 2.05) is 0 Å². The Bertz CT molecular complexity index is 2000. The standard InChI is InChI=1S/C30H29F4N9O6/c1-2-21-24(40-9-11-41(12-10-40)28(47)26(45)37-23-5-8-35-49-23)27(46)43-29(38-25(39-43)17-6-13-48-14-7-17)42(21)16-22(44)36-20-4-3-18(15-19(20)31)30(32,33)34/h3-6,8,15H,2,7,9-14,16H2,1H3,(H,36,44)(H,37,45). The monoisotopic (exact) mass is 687 g/mol. The second kappa shape index (κ2) is 13.5. The summed E-state index contributed by atoms with van der Waals surface area (Å²) >= 11 is 0. The molecular formula is C30H29F4N9O6. The van der Waals surface area contributed by atoms with Gasteiger partial charge in [-0.1, -0.05) is 18.2 Å². The summed E-state index contributed by atoms with van der Waals surface area (Å²) in [6.45, 7) is 2.42. The van der Waals surface area contributed by atoms with E-state index >= 15 is 0 Å². The Morgan fingerprint density at radius 3 is 2.47 bits per heavy atom. The number of halogens is 4. The van der Waals surface area contributed by atoms with E-state index in [1.54, 1.807) is 17.9 Å². The van der Waals surface area contributed by atoms with Crippen molar-refractivity contribution in [2.24, 2.45) is 0 Å². The van der Waals surface area contributed by atoms with Crippen LogP contribution < -0.4 is 21.1 Å². The minimum Gasteiger partial charge on any atom is -0.377 e. The molecule has 3 amide bonds. The van der Waals surface area contributed by atoms with Crippen molar-refractivity contribution < 1.29 is 41.2 Å². The van der Waals surface area contributed by atoms with Gasteiger partial charge in [-0.2, -0.15) is 22.7 Å². The van der Waals surface area contributed by atoms with E-state index in [1.165, 1.54) is 21.7 Å². The van der Waals surface area contributed by atoms with Gasteiger partial charge in [0, 0.05) is 32.2 Å². The van der Waals surface area contributed by atoms with E-state index in [9.17, 15) is 36.7 Å². The van der Waals surface area contributed by atoms with Gasteiger partial charge < -0.3 is 28.9 Å². The number of anilines is 3. The van der Waals surface area contributed by atoms with Crippen LogP contribution in [-0.2, 0) is 38.3 Å². The average Bonchev–Trinajstić information content (AvgIpc) is 3.77. The highest BCUT2D eigenvalue weighted by molar-refractivity contribution is 6.39. The average molecular weight is 688 g/mol. The molecule has 15 nitrogen and oxygen atoms in total. The molecule has 3 aromatic heterocycles. The van der Waals surface area contributed by atoms with Crippen molar-refractivity contribution in [3.05, 3.63) is 69.8 Å². The lowest BCUT2D eigenvalue weighted by Crippen LogP contribution is -2.53. The number of alkyl halides is 3. The van der Waals surface area contributed by atoms with Crippen molar-refractivity contribution in [3.8, 4) is 0 Å². The van der Waals surface area contributed by atoms with Gasteiger partial charge in [0.1, 0.15) is 18.0 Å². The van der Waals surface area contributed by atoms with Crippen LogP contribution in [0.5, 0.6) is 0 Å². The highest BCUT2D eigenvalue weighted by Gasteiger charge is 2.33. The van der Waals surface area contributed by atoms with Gasteiger partial charge in [-0.25, -0.2) is 4.39 Å². The van der Waals surface area contributed by atoms with E-state index < -0.39 is 53.1 Å². The number of hydrogen-bond acceptors (Lipinski definition) is 10. The maximum absolute atomic E-state index is 14.6. The number of aromatic nitrogens is 5. The highest BCUT2D eigenvalue weighted by atomic mass is 19.4. The molecule has 0 radical (unpaired) electrons. The largest absolute Gasteiger partial charge is 0.416 e. The van der Waals surface area contributed by atoms with Crippen LogP contribution in [0.25, 0.3) is 11.4 Å². The van der Waals surface area contributed by atoms with E-state index in [0.29, 0.717) is 31.4 Å². The van der Waals surface area contributed by atoms with Crippen LogP contribution in [0, 0.1) is 5.82 Å². The second-order valence-corrected chi connectivity index (χ2v) is 11.1. The fourth-order valence-electron chi connectivity index (χ4n) is 5.64. The Morgan fingerprint density at radius 1 is 1.06 bits per heavy atom.